The molecule has 0 fully saturated rings. The van der Waals surface area contributed by atoms with Crippen molar-refractivity contribution in [1.29, 1.82) is 0 Å². The lowest BCUT2D eigenvalue weighted by Gasteiger charge is -2.14. The highest BCUT2D eigenvalue weighted by Crippen LogP contribution is 2.09. The Balaban J connectivity index is 2.56. The Labute approximate surface area is 84.7 Å². The van der Waals surface area contributed by atoms with Crippen LogP contribution in [0.15, 0.2) is 16.7 Å². The summed E-state index contributed by atoms with van der Waals surface area (Å²) in [5.41, 5.74) is 0.984. The van der Waals surface area contributed by atoms with Crippen molar-refractivity contribution < 1.29 is 9.21 Å². The maximum Gasteiger partial charge on any atom is 0.289 e. The van der Waals surface area contributed by atoms with Gasteiger partial charge in [-0.15, -0.1) is 0 Å². The number of hydrogen-bond acceptors (Lipinski definition) is 2. The Kier molecular flexibility index (Phi) is 3.74. The molecule has 0 aliphatic rings. The average molecular weight is 195 g/mol. The van der Waals surface area contributed by atoms with Gasteiger partial charge in [-0.25, -0.2) is 0 Å². The van der Waals surface area contributed by atoms with Gasteiger partial charge >= 0.3 is 0 Å². The first kappa shape index (κ1) is 10.8. The van der Waals surface area contributed by atoms with Gasteiger partial charge < -0.3 is 9.32 Å². The van der Waals surface area contributed by atoms with Crippen molar-refractivity contribution in [3.63, 3.8) is 0 Å². The highest BCUT2D eigenvalue weighted by atomic mass is 16.3. The topological polar surface area (TPSA) is 33.5 Å². The van der Waals surface area contributed by atoms with Gasteiger partial charge in [0.1, 0.15) is 0 Å². The van der Waals surface area contributed by atoms with Gasteiger partial charge in [0.15, 0.2) is 5.76 Å². The molecule has 0 aliphatic carbocycles. The highest BCUT2D eigenvalue weighted by Gasteiger charge is 2.14. The third-order valence-corrected chi connectivity index (χ3v) is 2.14. The summed E-state index contributed by atoms with van der Waals surface area (Å²) in [7, 11) is 1.80. The number of carbonyl (C=O) groups is 1. The molecule has 1 amide bonds. The second-order valence-electron chi connectivity index (χ2n) is 3.57. The van der Waals surface area contributed by atoms with Crippen molar-refractivity contribution >= 4 is 5.91 Å². The summed E-state index contributed by atoms with van der Waals surface area (Å²) < 4.78 is 5.14. The van der Waals surface area contributed by atoms with Crippen LogP contribution < -0.4 is 0 Å². The van der Waals surface area contributed by atoms with Crippen molar-refractivity contribution in [2.75, 3.05) is 13.6 Å². The number of furan rings is 1. The molecule has 3 heteroatoms. The number of amides is 1. The minimum atomic E-state index is -0.0356. The lowest BCUT2D eigenvalue weighted by molar-refractivity contribution is 0.0762. The molecular formula is C11H17NO2. The van der Waals surface area contributed by atoms with E-state index in [-0.39, 0.29) is 5.91 Å². The number of aryl methyl sites for hydroxylation is 1. The SMILES string of the molecule is CCCCN(C)C(=O)c1cc(C)co1. The van der Waals surface area contributed by atoms with Crippen LogP contribution in [0.25, 0.3) is 0 Å². The summed E-state index contributed by atoms with van der Waals surface area (Å²) in [5, 5.41) is 0. The molecule has 0 N–H and O–H groups in total. The zero-order valence-corrected chi connectivity index (χ0v) is 9.04. The molecule has 0 saturated heterocycles. The van der Waals surface area contributed by atoms with Crippen LogP contribution in [0.4, 0.5) is 0 Å². The normalized spacial score (nSPS) is 10.2. The van der Waals surface area contributed by atoms with E-state index in [4.69, 9.17) is 4.42 Å². The molecule has 1 heterocycles. The van der Waals surface area contributed by atoms with Crippen LogP contribution >= 0.6 is 0 Å². The number of carbonyl (C=O) groups excluding carboxylic acids is 1. The lowest BCUT2D eigenvalue weighted by atomic mass is 10.3. The average Bonchev–Trinajstić information content (AvgIpc) is 2.60. The molecule has 0 radical (unpaired) electrons. The molecule has 14 heavy (non-hydrogen) atoms. The van der Waals surface area contributed by atoms with Crippen LogP contribution in [-0.4, -0.2) is 24.4 Å². The van der Waals surface area contributed by atoms with Gasteiger partial charge in [0, 0.05) is 13.6 Å². The predicted molar refractivity (Wildman–Crippen MR) is 55.3 cm³/mol. The Morgan fingerprint density at radius 2 is 2.29 bits per heavy atom. The van der Waals surface area contributed by atoms with Crippen molar-refractivity contribution in [2.24, 2.45) is 0 Å². The molecule has 0 spiro atoms. The monoisotopic (exact) mass is 195 g/mol. The molecule has 0 aliphatic heterocycles. The molecule has 0 unspecified atom stereocenters. The third-order valence-electron chi connectivity index (χ3n) is 2.14. The van der Waals surface area contributed by atoms with Crippen molar-refractivity contribution in [2.45, 2.75) is 26.7 Å². The molecule has 78 valence electrons. The molecular weight excluding hydrogens is 178 g/mol. The quantitative estimate of drug-likeness (QED) is 0.739. The van der Waals surface area contributed by atoms with Gasteiger partial charge in [-0.2, -0.15) is 0 Å². The fourth-order valence-corrected chi connectivity index (χ4v) is 1.23. The van der Waals surface area contributed by atoms with Crippen molar-refractivity contribution in [1.82, 2.24) is 4.90 Å². The second-order valence-corrected chi connectivity index (χ2v) is 3.57. The molecule has 0 bridgehead atoms. The van der Waals surface area contributed by atoms with Crippen molar-refractivity contribution in [3.8, 4) is 0 Å². The standard InChI is InChI=1S/C11H17NO2/c1-4-5-6-12(3)11(13)10-7-9(2)8-14-10/h7-8H,4-6H2,1-3H3. The fraction of sp³-hybridized carbons (Fsp3) is 0.545. The van der Waals surface area contributed by atoms with Gasteiger partial charge in [0.05, 0.1) is 6.26 Å². The number of hydrogen-bond donors (Lipinski definition) is 0. The maximum atomic E-state index is 11.7. The van der Waals surface area contributed by atoms with Gasteiger partial charge in [-0.3, -0.25) is 4.79 Å². The van der Waals surface area contributed by atoms with E-state index in [1.807, 2.05) is 6.92 Å². The van der Waals surface area contributed by atoms with E-state index in [2.05, 4.69) is 6.92 Å². The summed E-state index contributed by atoms with van der Waals surface area (Å²) >= 11 is 0. The van der Waals surface area contributed by atoms with E-state index in [0.29, 0.717) is 5.76 Å². The van der Waals surface area contributed by atoms with E-state index < -0.39 is 0 Å². The van der Waals surface area contributed by atoms with Crippen LogP contribution in [0.2, 0.25) is 0 Å². The summed E-state index contributed by atoms with van der Waals surface area (Å²) in [4.78, 5) is 13.4. The van der Waals surface area contributed by atoms with Gasteiger partial charge in [0.2, 0.25) is 0 Å². The van der Waals surface area contributed by atoms with Crippen molar-refractivity contribution in [3.05, 3.63) is 23.7 Å². The summed E-state index contributed by atoms with van der Waals surface area (Å²) in [6.45, 7) is 4.80. The molecule has 0 saturated carbocycles. The Morgan fingerprint density at radius 1 is 1.57 bits per heavy atom. The largest absolute Gasteiger partial charge is 0.459 e. The number of unbranched alkanes of at least 4 members (excludes halogenated alkanes) is 1. The van der Waals surface area contributed by atoms with Crippen LogP contribution in [0, 0.1) is 6.92 Å². The Morgan fingerprint density at radius 3 is 2.79 bits per heavy atom. The minimum Gasteiger partial charge on any atom is -0.459 e. The highest BCUT2D eigenvalue weighted by molar-refractivity contribution is 5.91. The van der Waals surface area contributed by atoms with E-state index in [9.17, 15) is 4.79 Å². The smallest absolute Gasteiger partial charge is 0.289 e. The second kappa shape index (κ2) is 4.84. The molecule has 1 aromatic heterocycles. The van der Waals surface area contributed by atoms with Crippen LogP contribution in [0.1, 0.15) is 35.9 Å². The number of rotatable bonds is 4. The zero-order chi connectivity index (χ0) is 10.6. The first-order valence-corrected chi connectivity index (χ1v) is 4.95. The van der Waals surface area contributed by atoms with E-state index >= 15 is 0 Å². The zero-order valence-electron chi connectivity index (χ0n) is 9.04. The third kappa shape index (κ3) is 2.62. The van der Waals surface area contributed by atoms with Crippen LogP contribution in [-0.2, 0) is 0 Å². The molecule has 1 aromatic rings. The molecule has 1 rings (SSSR count). The van der Waals surface area contributed by atoms with Gasteiger partial charge in [0.25, 0.3) is 5.91 Å². The van der Waals surface area contributed by atoms with E-state index in [1.165, 1.54) is 0 Å². The fourth-order valence-electron chi connectivity index (χ4n) is 1.23. The summed E-state index contributed by atoms with van der Waals surface area (Å²) in [5.74, 6) is 0.396. The minimum absolute atomic E-state index is 0.0356. The Hall–Kier alpha value is -1.25. The molecule has 0 atom stereocenters. The molecule has 0 aromatic carbocycles. The first-order chi connectivity index (χ1) is 6.65. The first-order valence-electron chi connectivity index (χ1n) is 4.95. The van der Waals surface area contributed by atoms with Crippen LogP contribution in [0.5, 0.6) is 0 Å². The van der Waals surface area contributed by atoms with E-state index in [0.717, 1.165) is 24.9 Å². The molecule has 3 nitrogen and oxygen atoms in total. The van der Waals surface area contributed by atoms with Crippen LogP contribution in [0.3, 0.4) is 0 Å². The van der Waals surface area contributed by atoms with Gasteiger partial charge in [-0.05, 0) is 25.0 Å². The summed E-state index contributed by atoms with van der Waals surface area (Å²) in [6.07, 6.45) is 3.72. The van der Waals surface area contributed by atoms with Gasteiger partial charge in [-0.1, -0.05) is 13.3 Å². The maximum absolute atomic E-state index is 11.7. The Bertz CT molecular complexity index is 304. The lowest BCUT2D eigenvalue weighted by Crippen LogP contribution is -2.27. The number of nitrogens with zero attached hydrogens (tertiary/aromatic N) is 1. The summed E-state index contributed by atoms with van der Waals surface area (Å²) in [6, 6.07) is 1.77. The predicted octanol–water partition coefficient (Wildman–Crippen LogP) is 2.46. The van der Waals surface area contributed by atoms with E-state index in [1.54, 1.807) is 24.3 Å².